The van der Waals surface area contributed by atoms with Crippen molar-refractivity contribution < 1.29 is 34.3 Å². The number of carbonyl (C=O) groups is 3. The molecule has 2 aromatic carbocycles. The highest BCUT2D eigenvalue weighted by molar-refractivity contribution is 5.97. The number of hydrogen-bond acceptors (Lipinski definition) is 8. The average Bonchev–Trinajstić information content (AvgIpc) is 2.59. The molecule has 0 radical (unpaired) electrons. The zero-order valence-corrected chi connectivity index (χ0v) is 13.0. The van der Waals surface area contributed by atoms with Crippen molar-refractivity contribution >= 4 is 29.2 Å². The Balaban J connectivity index is 2.04. The summed E-state index contributed by atoms with van der Waals surface area (Å²) in [7, 11) is 0. The molecule has 0 aromatic heterocycles. The minimum atomic E-state index is -1.62. The fourth-order valence-electron chi connectivity index (χ4n) is 1.95. The monoisotopic (exact) mass is 358 g/mol. The van der Waals surface area contributed by atoms with Crippen molar-refractivity contribution in [3.05, 3.63) is 63.7 Å². The van der Waals surface area contributed by atoms with Gasteiger partial charge in [-0.25, -0.2) is 0 Å². The van der Waals surface area contributed by atoms with E-state index in [9.17, 15) is 34.7 Å². The summed E-state index contributed by atoms with van der Waals surface area (Å²) in [6.07, 6.45) is 0. The molecule has 26 heavy (non-hydrogen) atoms. The van der Waals surface area contributed by atoms with Gasteiger partial charge in [-0.3, -0.25) is 14.9 Å². The summed E-state index contributed by atoms with van der Waals surface area (Å²) in [5.74, 6) is -3.75. The Hall–Kier alpha value is -3.95. The van der Waals surface area contributed by atoms with Gasteiger partial charge in [0.2, 0.25) is 0 Å². The summed E-state index contributed by atoms with van der Waals surface area (Å²) in [4.78, 5) is 43.6. The van der Waals surface area contributed by atoms with Crippen molar-refractivity contribution in [1.82, 2.24) is 0 Å². The van der Waals surface area contributed by atoms with E-state index in [1.54, 1.807) is 0 Å². The number of rotatable bonds is 7. The van der Waals surface area contributed by atoms with E-state index >= 15 is 0 Å². The third-order valence-corrected chi connectivity index (χ3v) is 3.11. The molecule has 2 aromatic rings. The number of benzene rings is 2. The maximum Gasteiger partial charge on any atom is 0.269 e. The van der Waals surface area contributed by atoms with Crippen molar-refractivity contribution in [3.63, 3.8) is 0 Å². The van der Waals surface area contributed by atoms with E-state index in [1.165, 1.54) is 24.3 Å². The number of hydrogen-bond donors (Lipinski definition) is 1. The number of carbonyl (C=O) groups excluding carboxylic acids is 3. The topological polar surface area (TPSA) is 162 Å². The Kier molecular flexibility index (Phi) is 5.48. The van der Waals surface area contributed by atoms with Crippen LogP contribution in [0.15, 0.2) is 42.5 Å². The highest BCUT2D eigenvalue weighted by Gasteiger charge is 2.09. The molecule has 134 valence electrons. The van der Waals surface area contributed by atoms with Crippen molar-refractivity contribution in [3.8, 4) is 5.75 Å². The number of amides is 1. The van der Waals surface area contributed by atoms with Crippen molar-refractivity contribution in [2.45, 2.75) is 0 Å². The van der Waals surface area contributed by atoms with Gasteiger partial charge in [-0.1, -0.05) is 0 Å². The highest BCUT2D eigenvalue weighted by Crippen LogP contribution is 2.18. The van der Waals surface area contributed by atoms with Gasteiger partial charge < -0.3 is 29.9 Å². The first-order valence-electron chi connectivity index (χ1n) is 7.01. The number of nitrogens with one attached hydrogen (secondary N) is 1. The van der Waals surface area contributed by atoms with Crippen LogP contribution in [0.4, 0.5) is 11.4 Å². The molecule has 1 amide bonds. The van der Waals surface area contributed by atoms with Gasteiger partial charge in [-0.05, 0) is 41.5 Å². The number of nitro benzene ring substituents is 1. The number of aromatic carboxylic acids is 2. The van der Waals surface area contributed by atoms with E-state index in [0.717, 1.165) is 18.2 Å². The molecule has 0 aliphatic carbocycles. The Labute approximate surface area is 145 Å². The molecule has 0 aliphatic rings. The predicted molar refractivity (Wildman–Crippen MR) is 82.3 cm³/mol. The second-order valence-electron chi connectivity index (χ2n) is 4.96. The Morgan fingerprint density at radius 2 is 1.50 bits per heavy atom. The largest absolute Gasteiger partial charge is 0.545 e. The van der Waals surface area contributed by atoms with Gasteiger partial charge in [0.05, 0.1) is 16.9 Å². The summed E-state index contributed by atoms with van der Waals surface area (Å²) >= 11 is 0. The van der Waals surface area contributed by atoms with Gasteiger partial charge in [-0.2, -0.15) is 0 Å². The number of non-ortho nitro benzene ring substituents is 1. The number of nitrogens with zero attached hydrogens (tertiary/aromatic N) is 1. The Morgan fingerprint density at radius 1 is 0.962 bits per heavy atom. The van der Waals surface area contributed by atoms with E-state index in [0.29, 0.717) is 0 Å². The van der Waals surface area contributed by atoms with E-state index in [4.69, 9.17) is 4.74 Å². The first-order chi connectivity index (χ1) is 12.3. The van der Waals surface area contributed by atoms with Crippen LogP contribution in [-0.4, -0.2) is 29.4 Å². The Bertz CT molecular complexity index is 844. The lowest BCUT2D eigenvalue weighted by Gasteiger charge is -2.12. The molecule has 0 saturated heterocycles. The SMILES string of the molecule is O=C(COc1ccc([N+](=O)[O-])cc1)Nc1cc(C(=O)[O-])cc(C(=O)[O-])c1. The molecule has 10 nitrogen and oxygen atoms in total. The fourth-order valence-corrected chi connectivity index (χ4v) is 1.95. The van der Waals surface area contributed by atoms with Crippen LogP contribution >= 0.6 is 0 Å². The summed E-state index contributed by atoms with van der Waals surface area (Å²) in [6, 6.07) is 7.88. The van der Waals surface area contributed by atoms with Crippen LogP contribution in [0.25, 0.3) is 0 Å². The maximum absolute atomic E-state index is 11.9. The number of carboxylic acid groups (broad SMARTS) is 2. The van der Waals surface area contributed by atoms with Gasteiger partial charge in [0.25, 0.3) is 11.6 Å². The fraction of sp³-hybridized carbons (Fsp3) is 0.0625. The predicted octanol–water partition coefficient (Wildman–Crippen LogP) is -0.661. The highest BCUT2D eigenvalue weighted by atomic mass is 16.6. The molecule has 0 atom stereocenters. The van der Waals surface area contributed by atoms with Crippen LogP contribution in [0.1, 0.15) is 20.7 Å². The normalized spacial score (nSPS) is 10.0. The lowest BCUT2D eigenvalue weighted by molar-refractivity contribution is -0.384. The number of nitro groups is 1. The van der Waals surface area contributed by atoms with Gasteiger partial charge >= 0.3 is 0 Å². The quantitative estimate of drug-likeness (QED) is 0.504. The van der Waals surface area contributed by atoms with Crippen LogP contribution in [0, 0.1) is 10.1 Å². The van der Waals surface area contributed by atoms with Crippen LogP contribution in [0.2, 0.25) is 0 Å². The summed E-state index contributed by atoms with van der Waals surface area (Å²) < 4.78 is 5.14. The molecular weight excluding hydrogens is 348 g/mol. The van der Waals surface area contributed by atoms with E-state index in [-0.39, 0.29) is 17.1 Å². The maximum atomic E-state index is 11.9. The van der Waals surface area contributed by atoms with Crippen LogP contribution in [-0.2, 0) is 4.79 Å². The van der Waals surface area contributed by atoms with Crippen molar-refractivity contribution in [1.29, 1.82) is 0 Å². The minimum Gasteiger partial charge on any atom is -0.545 e. The van der Waals surface area contributed by atoms with E-state index < -0.39 is 40.5 Å². The molecule has 0 saturated carbocycles. The number of carboxylic acids is 2. The molecule has 0 bridgehead atoms. The molecule has 0 fully saturated rings. The van der Waals surface area contributed by atoms with Gasteiger partial charge in [0, 0.05) is 17.8 Å². The molecule has 2 rings (SSSR count). The molecule has 1 N–H and O–H groups in total. The number of anilines is 1. The first-order valence-corrected chi connectivity index (χ1v) is 7.01. The van der Waals surface area contributed by atoms with Crippen LogP contribution in [0.5, 0.6) is 5.75 Å². The average molecular weight is 358 g/mol. The molecular formula is C16H10N2O8-2. The second kappa shape index (κ2) is 7.75. The van der Waals surface area contributed by atoms with E-state index in [1.807, 2.05) is 0 Å². The lowest BCUT2D eigenvalue weighted by atomic mass is 10.1. The third-order valence-electron chi connectivity index (χ3n) is 3.11. The molecule has 10 heteroatoms. The van der Waals surface area contributed by atoms with Crippen LogP contribution in [0.3, 0.4) is 0 Å². The van der Waals surface area contributed by atoms with Crippen molar-refractivity contribution in [2.24, 2.45) is 0 Å². The molecule has 0 spiro atoms. The van der Waals surface area contributed by atoms with E-state index in [2.05, 4.69) is 5.32 Å². The number of ether oxygens (including phenoxy) is 1. The van der Waals surface area contributed by atoms with Gasteiger partial charge in [-0.15, -0.1) is 0 Å². The summed E-state index contributed by atoms with van der Waals surface area (Å²) in [6.45, 7) is -0.492. The zero-order valence-electron chi connectivity index (χ0n) is 13.0. The minimum absolute atomic E-state index is 0.0943. The lowest BCUT2D eigenvalue weighted by Crippen LogP contribution is -2.27. The second-order valence-corrected chi connectivity index (χ2v) is 4.96. The van der Waals surface area contributed by atoms with Gasteiger partial charge in [0.1, 0.15) is 5.75 Å². The summed E-state index contributed by atoms with van der Waals surface area (Å²) in [5, 5.41) is 34.6. The van der Waals surface area contributed by atoms with Crippen molar-refractivity contribution in [2.75, 3.05) is 11.9 Å². The smallest absolute Gasteiger partial charge is 0.269 e. The zero-order chi connectivity index (χ0) is 19.3. The Morgan fingerprint density at radius 3 is 1.96 bits per heavy atom. The molecule has 0 unspecified atom stereocenters. The third kappa shape index (κ3) is 4.77. The first kappa shape index (κ1) is 18.4. The standard InChI is InChI=1S/C16H12N2O8/c19-14(8-26-13-3-1-12(2-4-13)18(24)25)17-11-6-9(15(20)21)5-10(7-11)16(22)23/h1-7H,8H2,(H,17,19)(H,20,21)(H,22,23)/p-2. The summed E-state index contributed by atoms with van der Waals surface area (Å²) in [5.41, 5.74) is -1.13. The van der Waals surface area contributed by atoms with Gasteiger partial charge in [0.15, 0.2) is 6.61 Å². The molecule has 0 aliphatic heterocycles. The van der Waals surface area contributed by atoms with Crippen LogP contribution < -0.4 is 20.3 Å². The molecule has 0 heterocycles.